The minimum Gasteiger partial charge on any atom is -0.396 e. The third kappa shape index (κ3) is 3.53. The minimum atomic E-state index is -0.0826. The Morgan fingerprint density at radius 1 is 1.38 bits per heavy atom. The Bertz CT molecular complexity index is 479. The Morgan fingerprint density at radius 2 is 2.14 bits per heavy atom. The van der Waals surface area contributed by atoms with Crippen molar-refractivity contribution in [1.82, 2.24) is 10.3 Å². The Labute approximate surface area is 125 Å². The van der Waals surface area contributed by atoms with E-state index in [-0.39, 0.29) is 18.6 Å². The monoisotopic (exact) mass is 289 g/mol. The highest BCUT2D eigenvalue weighted by Crippen LogP contribution is 2.34. The van der Waals surface area contributed by atoms with E-state index < -0.39 is 0 Å². The van der Waals surface area contributed by atoms with Crippen molar-refractivity contribution in [1.29, 1.82) is 0 Å². The van der Waals surface area contributed by atoms with E-state index in [2.05, 4.69) is 15.2 Å². The van der Waals surface area contributed by atoms with Crippen molar-refractivity contribution in [2.45, 2.75) is 38.1 Å². The highest BCUT2D eigenvalue weighted by Gasteiger charge is 2.32. The Hall–Kier alpha value is -1.62. The van der Waals surface area contributed by atoms with Crippen LogP contribution in [0.2, 0.25) is 0 Å². The summed E-state index contributed by atoms with van der Waals surface area (Å²) < 4.78 is 0. The number of anilines is 1. The number of nitrogens with zero attached hydrogens (tertiary/aromatic N) is 2. The van der Waals surface area contributed by atoms with Crippen LogP contribution < -0.4 is 10.2 Å². The number of amides is 1. The van der Waals surface area contributed by atoms with E-state index in [1.54, 1.807) is 6.20 Å². The summed E-state index contributed by atoms with van der Waals surface area (Å²) in [6.07, 6.45) is 7.03. The number of pyridine rings is 1. The molecule has 2 aliphatic rings. The molecule has 2 fully saturated rings. The molecule has 3 rings (SSSR count). The SMILES string of the molecule is O=C(NC(CCO)C1CC1)c1ccc(N2CCCC2)nc1. The van der Waals surface area contributed by atoms with Crippen molar-refractivity contribution in [3.8, 4) is 0 Å². The van der Waals surface area contributed by atoms with Crippen molar-refractivity contribution < 1.29 is 9.90 Å². The molecule has 1 amide bonds. The van der Waals surface area contributed by atoms with E-state index >= 15 is 0 Å². The molecule has 0 aromatic carbocycles. The van der Waals surface area contributed by atoms with Gasteiger partial charge in [-0.05, 0) is 50.2 Å². The van der Waals surface area contributed by atoms with Gasteiger partial charge in [-0.1, -0.05) is 0 Å². The van der Waals surface area contributed by atoms with E-state index in [0.29, 0.717) is 17.9 Å². The van der Waals surface area contributed by atoms with Crippen molar-refractivity contribution in [3.63, 3.8) is 0 Å². The predicted octanol–water partition coefficient (Wildman–Crippen LogP) is 1.57. The maximum Gasteiger partial charge on any atom is 0.253 e. The average Bonchev–Trinajstić information content (AvgIpc) is 3.21. The summed E-state index contributed by atoms with van der Waals surface area (Å²) in [6, 6.07) is 3.87. The summed E-state index contributed by atoms with van der Waals surface area (Å²) in [4.78, 5) is 18.9. The van der Waals surface area contributed by atoms with Gasteiger partial charge in [-0.3, -0.25) is 4.79 Å². The molecule has 1 saturated heterocycles. The fourth-order valence-corrected chi connectivity index (χ4v) is 2.97. The smallest absolute Gasteiger partial charge is 0.253 e. The first-order valence-electron chi connectivity index (χ1n) is 7.90. The summed E-state index contributed by atoms with van der Waals surface area (Å²) in [5, 5.41) is 12.1. The Balaban J connectivity index is 1.61. The second-order valence-electron chi connectivity index (χ2n) is 6.03. The van der Waals surface area contributed by atoms with Gasteiger partial charge < -0.3 is 15.3 Å². The predicted molar refractivity (Wildman–Crippen MR) is 81.4 cm³/mol. The molecule has 1 aliphatic heterocycles. The van der Waals surface area contributed by atoms with Crippen molar-refractivity contribution >= 4 is 11.7 Å². The lowest BCUT2D eigenvalue weighted by molar-refractivity contribution is 0.0924. The number of rotatable bonds is 6. The molecule has 0 bridgehead atoms. The third-order valence-corrected chi connectivity index (χ3v) is 4.39. The molecular formula is C16H23N3O2. The van der Waals surface area contributed by atoms with Gasteiger partial charge in [0.15, 0.2) is 0 Å². The summed E-state index contributed by atoms with van der Waals surface area (Å²) in [6.45, 7) is 2.23. The molecule has 21 heavy (non-hydrogen) atoms. The number of hydrogen-bond acceptors (Lipinski definition) is 4. The molecule has 2 heterocycles. The summed E-state index contributed by atoms with van der Waals surface area (Å²) >= 11 is 0. The van der Waals surface area contributed by atoms with Gasteiger partial charge in [0.1, 0.15) is 5.82 Å². The number of aliphatic hydroxyl groups is 1. The van der Waals surface area contributed by atoms with Crippen LogP contribution in [0.1, 0.15) is 42.5 Å². The van der Waals surface area contributed by atoms with E-state index in [9.17, 15) is 4.79 Å². The van der Waals surface area contributed by atoms with Crippen LogP contribution in [-0.4, -0.2) is 41.7 Å². The Kier molecular flexibility index (Phi) is 4.39. The lowest BCUT2D eigenvalue weighted by Gasteiger charge is -2.18. The zero-order chi connectivity index (χ0) is 14.7. The molecule has 2 N–H and O–H groups in total. The van der Waals surface area contributed by atoms with Gasteiger partial charge in [-0.2, -0.15) is 0 Å². The molecule has 1 aromatic rings. The highest BCUT2D eigenvalue weighted by molar-refractivity contribution is 5.94. The summed E-state index contributed by atoms with van der Waals surface area (Å²) in [5.41, 5.74) is 0.599. The standard InChI is InChI=1S/C16H23N3O2/c20-10-7-14(12-3-4-12)18-16(21)13-5-6-15(17-11-13)19-8-1-2-9-19/h5-6,11-12,14,20H,1-4,7-10H2,(H,18,21). The van der Waals surface area contributed by atoms with Gasteiger partial charge in [0, 0.05) is 31.9 Å². The van der Waals surface area contributed by atoms with Gasteiger partial charge in [0.25, 0.3) is 5.91 Å². The first kappa shape index (κ1) is 14.3. The number of aromatic nitrogens is 1. The highest BCUT2D eigenvalue weighted by atomic mass is 16.3. The molecule has 1 unspecified atom stereocenters. The minimum absolute atomic E-state index is 0.0826. The normalized spacial score (nSPS) is 19.6. The lowest BCUT2D eigenvalue weighted by Crippen LogP contribution is -2.37. The third-order valence-electron chi connectivity index (χ3n) is 4.39. The quantitative estimate of drug-likeness (QED) is 0.834. The molecular weight excluding hydrogens is 266 g/mol. The summed E-state index contributed by atoms with van der Waals surface area (Å²) in [5.74, 6) is 1.41. The van der Waals surface area contributed by atoms with Crippen LogP contribution in [0, 0.1) is 5.92 Å². The maximum absolute atomic E-state index is 12.2. The molecule has 1 atom stereocenters. The zero-order valence-corrected chi connectivity index (χ0v) is 12.3. The molecule has 1 aromatic heterocycles. The number of aliphatic hydroxyl groups excluding tert-OH is 1. The second kappa shape index (κ2) is 6.43. The molecule has 0 spiro atoms. The summed E-state index contributed by atoms with van der Waals surface area (Å²) in [7, 11) is 0. The van der Waals surface area contributed by atoms with Crippen LogP contribution in [0.15, 0.2) is 18.3 Å². The van der Waals surface area contributed by atoms with Gasteiger partial charge in [0.05, 0.1) is 5.56 Å². The largest absolute Gasteiger partial charge is 0.396 e. The van der Waals surface area contributed by atoms with Crippen molar-refractivity contribution in [2.75, 3.05) is 24.6 Å². The molecule has 5 nitrogen and oxygen atoms in total. The fourth-order valence-electron chi connectivity index (χ4n) is 2.97. The van der Waals surface area contributed by atoms with Crippen LogP contribution in [0.5, 0.6) is 0 Å². The van der Waals surface area contributed by atoms with Crippen molar-refractivity contribution in [2.24, 2.45) is 5.92 Å². The van der Waals surface area contributed by atoms with Crippen LogP contribution in [-0.2, 0) is 0 Å². The van der Waals surface area contributed by atoms with Crippen LogP contribution >= 0.6 is 0 Å². The molecule has 1 saturated carbocycles. The van der Waals surface area contributed by atoms with Gasteiger partial charge in [0.2, 0.25) is 0 Å². The maximum atomic E-state index is 12.2. The Morgan fingerprint density at radius 3 is 2.71 bits per heavy atom. The fraction of sp³-hybridized carbons (Fsp3) is 0.625. The van der Waals surface area contributed by atoms with E-state index in [4.69, 9.17) is 5.11 Å². The zero-order valence-electron chi connectivity index (χ0n) is 12.3. The molecule has 5 heteroatoms. The topological polar surface area (TPSA) is 65.5 Å². The van der Waals surface area contributed by atoms with E-state index in [1.165, 1.54) is 12.8 Å². The average molecular weight is 289 g/mol. The number of carbonyl (C=O) groups excluding carboxylic acids is 1. The van der Waals surface area contributed by atoms with Gasteiger partial charge >= 0.3 is 0 Å². The molecule has 0 radical (unpaired) electrons. The molecule has 114 valence electrons. The number of nitrogens with one attached hydrogen (secondary N) is 1. The number of carbonyl (C=O) groups is 1. The van der Waals surface area contributed by atoms with Crippen LogP contribution in [0.3, 0.4) is 0 Å². The molecule has 1 aliphatic carbocycles. The second-order valence-corrected chi connectivity index (χ2v) is 6.03. The van der Waals surface area contributed by atoms with Crippen LogP contribution in [0.25, 0.3) is 0 Å². The van der Waals surface area contributed by atoms with E-state index in [1.807, 2.05) is 12.1 Å². The van der Waals surface area contributed by atoms with Crippen LogP contribution in [0.4, 0.5) is 5.82 Å². The van der Waals surface area contributed by atoms with Gasteiger partial charge in [-0.25, -0.2) is 4.98 Å². The van der Waals surface area contributed by atoms with Crippen molar-refractivity contribution in [3.05, 3.63) is 23.9 Å². The van der Waals surface area contributed by atoms with E-state index in [0.717, 1.165) is 31.7 Å². The lowest BCUT2D eigenvalue weighted by atomic mass is 10.1. The number of hydrogen-bond donors (Lipinski definition) is 2. The first-order valence-corrected chi connectivity index (χ1v) is 7.90. The first-order chi connectivity index (χ1) is 10.3. The van der Waals surface area contributed by atoms with Gasteiger partial charge in [-0.15, -0.1) is 0 Å².